The maximum Gasteiger partial charge on any atom is 0.220 e. The van der Waals surface area contributed by atoms with Crippen LogP contribution in [0.1, 0.15) is 361 Å². The monoisotopic (exact) mass is 1250 g/mol. The van der Waals surface area contributed by atoms with Crippen molar-refractivity contribution in [3.8, 4) is 0 Å². The smallest absolute Gasteiger partial charge is 0.220 e. The lowest BCUT2D eigenvalue weighted by Gasteiger charge is -2.40. The first-order valence-corrected chi connectivity index (χ1v) is 38.3. The van der Waals surface area contributed by atoms with Crippen LogP contribution in [-0.2, 0) is 14.3 Å². The van der Waals surface area contributed by atoms with Crippen molar-refractivity contribution in [1.29, 1.82) is 0 Å². The lowest BCUT2D eigenvalue weighted by atomic mass is 9.99. The Balaban J connectivity index is 2.09. The molecule has 0 aliphatic carbocycles. The molecule has 7 unspecified atom stereocenters. The minimum atomic E-state index is -1.58. The molecule has 6 N–H and O–H groups in total. The topological polar surface area (TPSA) is 149 Å². The number of allylic oxidation sites excluding steroid dienone is 13. The van der Waals surface area contributed by atoms with Gasteiger partial charge in [-0.2, -0.15) is 0 Å². The average Bonchev–Trinajstić information content (AvgIpc) is 2.42. The molecule has 0 spiro atoms. The summed E-state index contributed by atoms with van der Waals surface area (Å²) in [6, 6.07) is -0.832. The maximum atomic E-state index is 13.2. The fourth-order valence-electron chi connectivity index (χ4n) is 12.0. The van der Waals surface area contributed by atoms with Gasteiger partial charge in [-0.15, -0.1) is 0 Å². The van der Waals surface area contributed by atoms with Crippen molar-refractivity contribution in [3.05, 3.63) is 85.1 Å². The van der Waals surface area contributed by atoms with E-state index in [1.165, 1.54) is 270 Å². The van der Waals surface area contributed by atoms with E-state index in [1.807, 2.05) is 6.08 Å². The fourth-order valence-corrected chi connectivity index (χ4v) is 12.0. The zero-order valence-corrected chi connectivity index (χ0v) is 58.2. The van der Waals surface area contributed by atoms with Crippen molar-refractivity contribution in [2.75, 3.05) is 13.2 Å². The summed E-state index contributed by atoms with van der Waals surface area (Å²) < 4.78 is 11.3. The van der Waals surface area contributed by atoms with Gasteiger partial charge < -0.3 is 40.3 Å². The molecule has 1 amide bonds. The van der Waals surface area contributed by atoms with Crippen LogP contribution in [0.5, 0.6) is 0 Å². The van der Waals surface area contributed by atoms with Gasteiger partial charge in [0.25, 0.3) is 0 Å². The van der Waals surface area contributed by atoms with Crippen molar-refractivity contribution in [1.82, 2.24) is 5.32 Å². The Hall–Kier alpha value is -2.63. The third-order valence-corrected chi connectivity index (χ3v) is 17.9. The SMILES string of the molecule is CC/C=C\C/C=C\C/C=C\C/C=C\CCCCCCCCCCCCCCCCCCCCCCCCCCCCC(=O)NC(COC1OC(CO)C(O)C(O)C1O)C(O)/C=C/CC/C=C/CC/C=C/CCCCCCCCCCCCCCCCCCC. The van der Waals surface area contributed by atoms with E-state index in [0.717, 1.165) is 70.6 Å². The summed E-state index contributed by atoms with van der Waals surface area (Å²) >= 11 is 0. The predicted octanol–water partition coefficient (Wildman–Crippen LogP) is 21.6. The first-order chi connectivity index (χ1) is 43.8. The summed E-state index contributed by atoms with van der Waals surface area (Å²) in [5, 5.41) is 54.8. The first kappa shape index (κ1) is 84.4. The quantitative estimate of drug-likeness (QED) is 0.0261. The van der Waals surface area contributed by atoms with Gasteiger partial charge >= 0.3 is 0 Å². The molecule has 1 rings (SSSR count). The highest BCUT2D eigenvalue weighted by Crippen LogP contribution is 2.23. The van der Waals surface area contributed by atoms with Crippen molar-refractivity contribution in [2.24, 2.45) is 0 Å². The molecule has 518 valence electrons. The van der Waals surface area contributed by atoms with Gasteiger partial charge in [-0.25, -0.2) is 0 Å². The van der Waals surface area contributed by atoms with Crippen molar-refractivity contribution < 1.29 is 39.8 Å². The van der Waals surface area contributed by atoms with Crippen molar-refractivity contribution >= 4 is 5.91 Å². The van der Waals surface area contributed by atoms with Crippen LogP contribution in [-0.4, -0.2) is 87.5 Å². The molecule has 0 aromatic carbocycles. The van der Waals surface area contributed by atoms with E-state index in [9.17, 15) is 30.3 Å². The number of hydrogen-bond acceptors (Lipinski definition) is 8. The zero-order valence-electron chi connectivity index (χ0n) is 58.2. The molecule has 0 aromatic rings. The van der Waals surface area contributed by atoms with Gasteiger partial charge in [-0.05, 0) is 83.5 Å². The van der Waals surface area contributed by atoms with Crippen LogP contribution >= 0.6 is 0 Å². The summed E-state index contributed by atoms with van der Waals surface area (Å²) in [4.78, 5) is 13.2. The highest BCUT2D eigenvalue weighted by atomic mass is 16.7. The molecule has 9 heteroatoms. The number of amides is 1. The summed E-state index contributed by atoms with van der Waals surface area (Å²) in [5.41, 5.74) is 0. The molecule has 1 saturated heterocycles. The van der Waals surface area contributed by atoms with E-state index in [-0.39, 0.29) is 12.5 Å². The predicted molar refractivity (Wildman–Crippen MR) is 382 cm³/mol. The molecule has 7 atom stereocenters. The molecule has 0 saturated carbocycles. The van der Waals surface area contributed by atoms with Crippen LogP contribution in [0, 0.1) is 0 Å². The molecule has 0 radical (unpaired) electrons. The molecule has 1 aliphatic rings. The molecule has 1 heterocycles. The molecule has 1 fully saturated rings. The summed E-state index contributed by atoms with van der Waals surface area (Å²) in [6.07, 6.45) is 91.6. The summed E-state index contributed by atoms with van der Waals surface area (Å²) in [5.74, 6) is -0.185. The van der Waals surface area contributed by atoms with Crippen LogP contribution in [0.15, 0.2) is 85.1 Å². The third kappa shape index (κ3) is 56.6. The highest BCUT2D eigenvalue weighted by Gasteiger charge is 2.44. The maximum absolute atomic E-state index is 13.2. The van der Waals surface area contributed by atoms with Crippen LogP contribution < -0.4 is 5.32 Å². The fraction of sp³-hybridized carbons (Fsp3) is 0.812. The number of aliphatic hydroxyl groups is 5. The third-order valence-electron chi connectivity index (χ3n) is 17.9. The van der Waals surface area contributed by atoms with Gasteiger partial charge in [0.1, 0.15) is 24.4 Å². The van der Waals surface area contributed by atoms with Crippen LogP contribution in [0.25, 0.3) is 0 Å². The van der Waals surface area contributed by atoms with Crippen molar-refractivity contribution in [3.63, 3.8) is 0 Å². The van der Waals surface area contributed by atoms with Gasteiger partial charge in [0.15, 0.2) is 6.29 Å². The Morgan fingerprint density at radius 1 is 0.393 bits per heavy atom. The van der Waals surface area contributed by atoms with Gasteiger partial charge in [-0.3, -0.25) is 4.79 Å². The number of carbonyl (C=O) groups is 1. The molecule has 0 aromatic heterocycles. The Labute approximate surface area is 550 Å². The number of unbranched alkanes of at least 4 members (excludes halogenated alkanes) is 45. The molecule has 89 heavy (non-hydrogen) atoms. The van der Waals surface area contributed by atoms with Gasteiger partial charge in [0, 0.05) is 6.42 Å². The number of rotatable bonds is 67. The number of ether oxygens (including phenoxy) is 2. The van der Waals surface area contributed by atoms with E-state index < -0.39 is 49.5 Å². The summed E-state index contributed by atoms with van der Waals surface area (Å²) in [7, 11) is 0. The zero-order chi connectivity index (χ0) is 64.2. The molecule has 0 bridgehead atoms. The van der Waals surface area contributed by atoms with E-state index >= 15 is 0 Å². The second-order valence-electron chi connectivity index (χ2n) is 26.4. The van der Waals surface area contributed by atoms with Gasteiger partial charge in [0.2, 0.25) is 5.91 Å². The first-order valence-electron chi connectivity index (χ1n) is 38.3. The highest BCUT2D eigenvalue weighted by molar-refractivity contribution is 5.76. The van der Waals surface area contributed by atoms with E-state index in [2.05, 4.69) is 92.1 Å². The van der Waals surface area contributed by atoms with Gasteiger partial charge in [-0.1, -0.05) is 356 Å². The number of carbonyl (C=O) groups excluding carboxylic acids is 1. The van der Waals surface area contributed by atoms with Crippen molar-refractivity contribution in [2.45, 2.75) is 403 Å². The Kier molecular flexibility index (Phi) is 64.7. The van der Waals surface area contributed by atoms with Crippen LogP contribution in [0.2, 0.25) is 0 Å². The standard InChI is InChI=1S/C80H145NO8/c1-3-5-7-9-11-13-15-17-19-21-23-25-27-29-31-32-33-34-35-36-37-38-39-40-41-42-44-46-48-50-52-54-56-58-60-62-64-66-68-70-76(84)81-73(72-88-80-79(87)78(86)77(85)75(71-82)89-80)74(83)69-67-65-63-61-59-57-55-53-51-49-47-45-43-30-28-26-24-22-20-18-16-14-12-10-8-6-4-2/h5,7,11,13,17,19,23,25,51,53,59,61,67,69,73-75,77-80,82-83,85-87H,3-4,6,8-10,12,14-16,18,20-22,24,26-50,52,54-58,60,62-66,68,70-72H2,1-2H3,(H,81,84)/b7-5-,13-11-,19-17-,25-23-,53-51+,61-59+,69-67+. The number of aliphatic hydroxyl groups excluding tert-OH is 5. The lowest BCUT2D eigenvalue weighted by Crippen LogP contribution is -2.60. The van der Waals surface area contributed by atoms with Crippen LogP contribution in [0.3, 0.4) is 0 Å². The van der Waals surface area contributed by atoms with Gasteiger partial charge in [0.05, 0.1) is 25.4 Å². The van der Waals surface area contributed by atoms with Crippen LogP contribution in [0.4, 0.5) is 0 Å². The molecule has 9 nitrogen and oxygen atoms in total. The molecule has 1 aliphatic heterocycles. The second kappa shape index (κ2) is 68.2. The molecular formula is C80H145NO8. The summed E-state index contributed by atoms with van der Waals surface area (Å²) in [6.45, 7) is 3.69. The Morgan fingerprint density at radius 3 is 1.08 bits per heavy atom. The Morgan fingerprint density at radius 2 is 0.708 bits per heavy atom. The molecular weight excluding hydrogens is 1100 g/mol. The average molecular weight is 1250 g/mol. The number of hydrogen-bond donors (Lipinski definition) is 6. The van der Waals surface area contributed by atoms with E-state index in [1.54, 1.807) is 6.08 Å². The lowest BCUT2D eigenvalue weighted by molar-refractivity contribution is -0.302. The minimum absolute atomic E-state index is 0.185. The Bertz CT molecular complexity index is 1690. The normalized spacial score (nSPS) is 18.3. The minimum Gasteiger partial charge on any atom is -0.394 e. The number of nitrogens with one attached hydrogen (secondary N) is 1. The second-order valence-corrected chi connectivity index (χ2v) is 26.4. The van der Waals surface area contributed by atoms with E-state index in [0.29, 0.717) is 6.42 Å². The largest absolute Gasteiger partial charge is 0.394 e. The van der Waals surface area contributed by atoms with E-state index in [4.69, 9.17) is 9.47 Å².